The van der Waals surface area contributed by atoms with Crippen LogP contribution in [0.4, 0.5) is 11.4 Å². The highest BCUT2D eigenvalue weighted by atomic mass is 16.5. The summed E-state index contributed by atoms with van der Waals surface area (Å²) in [6.07, 6.45) is 7.32. The molecular weight excluding hydrogens is 212 g/mol. The molecule has 0 atom stereocenters. The van der Waals surface area contributed by atoms with Gasteiger partial charge in [0, 0.05) is 30.1 Å². The minimum absolute atomic E-state index is 0.729. The second-order valence-electron chi connectivity index (χ2n) is 4.43. The summed E-state index contributed by atoms with van der Waals surface area (Å²) in [5.41, 5.74) is 9.13. The third-order valence-corrected chi connectivity index (χ3v) is 3.07. The maximum Gasteiger partial charge on any atom is 0.122 e. The van der Waals surface area contributed by atoms with Gasteiger partial charge in [-0.05, 0) is 31.7 Å². The van der Waals surface area contributed by atoms with E-state index in [1.165, 1.54) is 19.3 Å². The molecule has 0 aliphatic heterocycles. The van der Waals surface area contributed by atoms with Crippen LogP contribution in [0.1, 0.15) is 25.7 Å². The van der Waals surface area contributed by atoms with Gasteiger partial charge in [-0.15, -0.1) is 0 Å². The topological polar surface area (TPSA) is 47.3 Å². The molecule has 17 heavy (non-hydrogen) atoms. The number of hydrogen-bond donors (Lipinski definition) is 2. The molecule has 3 N–H and O–H groups in total. The first-order chi connectivity index (χ1) is 8.28. The Hall–Kier alpha value is -1.64. The van der Waals surface area contributed by atoms with Crippen LogP contribution in [0.15, 0.2) is 29.8 Å². The number of anilines is 2. The van der Waals surface area contributed by atoms with Crippen molar-refractivity contribution < 1.29 is 4.74 Å². The van der Waals surface area contributed by atoms with E-state index in [0.717, 1.165) is 30.1 Å². The molecule has 3 heteroatoms. The van der Waals surface area contributed by atoms with Crippen molar-refractivity contribution in [1.29, 1.82) is 0 Å². The van der Waals surface area contributed by atoms with Crippen LogP contribution in [-0.4, -0.2) is 13.7 Å². The fourth-order valence-corrected chi connectivity index (χ4v) is 2.17. The minimum atomic E-state index is 0.729. The molecule has 0 spiro atoms. The second kappa shape index (κ2) is 5.62. The average molecular weight is 232 g/mol. The maximum absolute atomic E-state index is 5.80. The van der Waals surface area contributed by atoms with Crippen LogP contribution in [0.3, 0.4) is 0 Å². The molecule has 0 aromatic heterocycles. The molecule has 0 saturated carbocycles. The molecule has 0 fully saturated rings. The minimum Gasteiger partial charge on any atom is -0.497 e. The summed E-state index contributed by atoms with van der Waals surface area (Å²) >= 11 is 0. The first kappa shape index (κ1) is 11.8. The molecule has 3 nitrogen and oxygen atoms in total. The van der Waals surface area contributed by atoms with Crippen molar-refractivity contribution >= 4 is 11.4 Å². The lowest BCUT2D eigenvalue weighted by Crippen LogP contribution is -2.03. The fourth-order valence-electron chi connectivity index (χ4n) is 2.17. The zero-order valence-corrected chi connectivity index (χ0v) is 10.3. The van der Waals surface area contributed by atoms with Gasteiger partial charge in [0.2, 0.25) is 0 Å². The van der Waals surface area contributed by atoms with Crippen LogP contribution in [-0.2, 0) is 0 Å². The fraction of sp³-hybridized carbons (Fsp3) is 0.429. The van der Waals surface area contributed by atoms with Crippen LogP contribution in [0.5, 0.6) is 5.75 Å². The quantitative estimate of drug-likeness (QED) is 0.605. The van der Waals surface area contributed by atoms with Gasteiger partial charge in [0.25, 0.3) is 0 Å². The van der Waals surface area contributed by atoms with E-state index in [1.54, 1.807) is 12.7 Å². The number of benzene rings is 1. The zero-order valence-electron chi connectivity index (χ0n) is 10.3. The van der Waals surface area contributed by atoms with E-state index in [1.807, 2.05) is 18.2 Å². The van der Waals surface area contributed by atoms with Crippen LogP contribution < -0.4 is 15.8 Å². The molecule has 0 unspecified atom stereocenters. The van der Waals surface area contributed by atoms with Crippen LogP contribution in [0.2, 0.25) is 0 Å². The Kier molecular flexibility index (Phi) is 3.91. The smallest absolute Gasteiger partial charge is 0.122 e. The number of methoxy groups -OCH3 is 1. The predicted octanol–water partition coefficient (Wildman–Crippen LogP) is 3.19. The Balaban J connectivity index is 1.87. The van der Waals surface area contributed by atoms with E-state index in [2.05, 4.69) is 11.4 Å². The predicted molar refractivity (Wildman–Crippen MR) is 72.4 cm³/mol. The first-order valence-corrected chi connectivity index (χ1v) is 6.14. The summed E-state index contributed by atoms with van der Waals surface area (Å²) in [7, 11) is 1.65. The molecule has 2 rings (SSSR count). The van der Waals surface area contributed by atoms with E-state index in [9.17, 15) is 0 Å². The highest BCUT2D eigenvalue weighted by Crippen LogP contribution is 2.23. The van der Waals surface area contributed by atoms with Crippen molar-refractivity contribution in [1.82, 2.24) is 0 Å². The molecule has 1 aromatic carbocycles. The lowest BCUT2D eigenvalue weighted by atomic mass is 10.1. The van der Waals surface area contributed by atoms with E-state index >= 15 is 0 Å². The van der Waals surface area contributed by atoms with Crippen molar-refractivity contribution in [3.63, 3.8) is 0 Å². The molecule has 0 radical (unpaired) electrons. The third-order valence-electron chi connectivity index (χ3n) is 3.07. The van der Waals surface area contributed by atoms with Gasteiger partial charge < -0.3 is 15.8 Å². The molecule has 0 amide bonds. The summed E-state index contributed by atoms with van der Waals surface area (Å²) in [4.78, 5) is 0. The van der Waals surface area contributed by atoms with E-state index in [4.69, 9.17) is 10.5 Å². The number of nitrogens with two attached hydrogens (primary N) is 1. The Bertz CT molecular complexity index is 413. The molecule has 1 aliphatic rings. The Morgan fingerprint density at radius 2 is 2.24 bits per heavy atom. The number of hydrogen-bond acceptors (Lipinski definition) is 3. The lowest BCUT2D eigenvalue weighted by Gasteiger charge is -2.09. The SMILES string of the molecule is COc1cc(N)cc(NCCC2=CCCC2)c1. The first-order valence-electron chi connectivity index (χ1n) is 6.14. The Morgan fingerprint density at radius 3 is 2.94 bits per heavy atom. The summed E-state index contributed by atoms with van der Waals surface area (Å²) in [6, 6.07) is 5.73. The number of ether oxygens (including phenoxy) is 1. The molecule has 92 valence electrons. The van der Waals surface area contributed by atoms with Crippen LogP contribution >= 0.6 is 0 Å². The van der Waals surface area contributed by atoms with Crippen molar-refractivity contribution in [3.8, 4) is 5.75 Å². The van der Waals surface area contributed by atoms with Gasteiger partial charge in [-0.25, -0.2) is 0 Å². The Morgan fingerprint density at radius 1 is 1.35 bits per heavy atom. The van der Waals surface area contributed by atoms with Gasteiger partial charge in [-0.2, -0.15) is 0 Å². The highest BCUT2D eigenvalue weighted by molar-refractivity contribution is 5.59. The van der Waals surface area contributed by atoms with Gasteiger partial charge in [0.05, 0.1) is 7.11 Å². The standard InChI is InChI=1S/C14H20N2O/c1-17-14-9-12(15)8-13(10-14)16-7-6-11-4-2-3-5-11/h4,8-10,16H,2-3,5-7,15H2,1H3. The van der Waals surface area contributed by atoms with Crippen molar-refractivity contribution in [2.24, 2.45) is 0 Å². The highest BCUT2D eigenvalue weighted by Gasteiger charge is 2.04. The van der Waals surface area contributed by atoms with Crippen molar-refractivity contribution in [2.45, 2.75) is 25.7 Å². The number of allylic oxidation sites excluding steroid dienone is 1. The molecule has 0 heterocycles. The third kappa shape index (κ3) is 3.41. The van der Waals surface area contributed by atoms with Gasteiger partial charge in [0.15, 0.2) is 0 Å². The lowest BCUT2D eigenvalue weighted by molar-refractivity contribution is 0.415. The Labute approximate surface area is 103 Å². The summed E-state index contributed by atoms with van der Waals surface area (Å²) < 4.78 is 5.18. The number of rotatable bonds is 5. The largest absolute Gasteiger partial charge is 0.497 e. The van der Waals surface area contributed by atoms with E-state index in [0.29, 0.717) is 0 Å². The maximum atomic E-state index is 5.80. The number of nitrogen functional groups attached to an aromatic ring is 1. The van der Waals surface area contributed by atoms with Crippen LogP contribution in [0, 0.1) is 0 Å². The van der Waals surface area contributed by atoms with Gasteiger partial charge >= 0.3 is 0 Å². The van der Waals surface area contributed by atoms with Gasteiger partial charge in [-0.1, -0.05) is 11.6 Å². The molecular formula is C14H20N2O. The van der Waals surface area contributed by atoms with Gasteiger partial charge in [0.1, 0.15) is 5.75 Å². The summed E-state index contributed by atoms with van der Waals surface area (Å²) in [6.45, 7) is 0.957. The molecule has 1 aromatic rings. The van der Waals surface area contributed by atoms with E-state index < -0.39 is 0 Å². The normalized spacial score (nSPS) is 14.5. The zero-order chi connectivity index (χ0) is 12.1. The molecule has 1 aliphatic carbocycles. The number of nitrogens with one attached hydrogen (secondary N) is 1. The monoisotopic (exact) mass is 232 g/mol. The van der Waals surface area contributed by atoms with E-state index in [-0.39, 0.29) is 0 Å². The van der Waals surface area contributed by atoms with Crippen LogP contribution in [0.25, 0.3) is 0 Å². The molecule has 0 saturated heterocycles. The van der Waals surface area contributed by atoms with Crippen molar-refractivity contribution in [3.05, 3.63) is 29.8 Å². The van der Waals surface area contributed by atoms with Crippen molar-refractivity contribution in [2.75, 3.05) is 24.7 Å². The second-order valence-corrected chi connectivity index (χ2v) is 4.43. The average Bonchev–Trinajstić information content (AvgIpc) is 2.81. The molecule has 0 bridgehead atoms. The van der Waals surface area contributed by atoms with Gasteiger partial charge in [-0.3, -0.25) is 0 Å². The summed E-state index contributed by atoms with van der Waals surface area (Å²) in [5.74, 6) is 0.799. The summed E-state index contributed by atoms with van der Waals surface area (Å²) in [5, 5.41) is 3.39.